The first-order valence-corrected chi connectivity index (χ1v) is 9.10. The SMILES string of the molecule is COc1cc(/C=N/NC(=O)CCSc2ccc(C)cc2)ccc1OC(F)F. The molecule has 8 heteroatoms. The summed E-state index contributed by atoms with van der Waals surface area (Å²) in [5.74, 6) is 0.509. The fraction of sp³-hybridized carbons (Fsp3) is 0.263. The molecule has 27 heavy (non-hydrogen) atoms. The van der Waals surface area contributed by atoms with E-state index in [1.807, 2.05) is 31.2 Å². The number of hydrazone groups is 1. The number of hydrogen-bond acceptors (Lipinski definition) is 5. The molecule has 0 spiro atoms. The van der Waals surface area contributed by atoms with Crippen molar-refractivity contribution in [2.45, 2.75) is 24.9 Å². The van der Waals surface area contributed by atoms with E-state index < -0.39 is 6.61 Å². The van der Waals surface area contributed by atoms with E-state index in [1.54, 1.807) is 11.8 Å². The van der Waals surface area contributed by atoms with Gasteiger partial charge in [0.2, 0.25) is 5.91 Å². The number of aryl methyl sites for hydroxylation is 1. The van der Waals surface area contributed by atoms with Crippen molar-refractivity contribution in [3.05, 3.63) is 53.6 Å². The Morgan fingerprint density at radius 2 is 1.96 bits per heavy atom. The average Bonchev–Trinajstić information content (AvgIpc) is 2.64. The number of halogens is 2. The highest BCUT2D eigenvalue weighted by atomic mass is 32.2. The van der Waals surface area contributed by atoms with Gasteiger partial charge >= 0.3 is 6.61 Å². The predicted octanol–water partition coefficient (Wildman–Crippen LogP) is 4.24. The van der Waals surface area contributed by atoms with Crippen LogP contribution in [0.25, 0.3) is 0 Å². The number of methoxy groups -OCH3 is 1. The number of ether oxygens (including phenoxy) is 2. The molecule has 0 aliphatic rings. The van der Waals surface area contributed by atoms with Gasteiger partial charge in [0.05, 0.1) is 13.3 Å². The third kappa shape index (κ3) is 7.26. The lowest BCUT2D eigenvalue weighted by Gasteiger charge is -2.09. The third-order valence-corrected chi connectivity index (χ3v) is 4.44. The van der Waals surface area contributed by atoms with E-state index in [0.29, 0.717) is 17.7 Å². The fourth-order valence-electron chi connectivity index (χ4n) is 2.09. The van der Waals surface area contributed by atoms with E-state index >= 15 is 0 Å². The molecule has 0 saturated heterocycles. The molecular formula is C19H20F2N2O3S. The average molecular weight is 394 g/mol. The summed E-state index contributed by atoms with van der Waals surface area (Å²) in [7, 11) is 1.35. The summed E-state index contributed by atoms with van der Waals surface area (Å²) in [6.07, 6.45) is 1.72. The monoisotopic (exact) mass is 394 g/mol. The second kappa shape index (κ2) is 10.5. The number of thioether (sulfide) groups is 1. The van der Waals surface area contributed by atoms with Crippen molar-refractivity contribution < 1.29 is 23.0 Å². The molecule has 2 aromatic carbocycles. The number of rotatable bonds is 9. The lowest BCUT2D eigenvalue weighted by atomic mass is 10.2. The van der Waals surface area contributed by atoms with Crippen LogP contribution in [-0.2, 0) is 4.79 Å². The van der Waals surface area contributed by atoms with Crippen molar-refractivity contribution >= 4 is 23.9 Å². The second-order valence-electron chi connectivity index (χ2n) is 5.49. The highest BCUT2D eigenvalue weighted by Crippen LogP contribution is 2.28. The smallest absolute Gasteiger partial charge is 0.387 e. The quantitative estimate of drug-likeness (QED) is 0.393. The van der Waals surface area contributed by atoms with Gasteiger partial charge in [-0.1, -0.05) is 17.7 Å². The number of nitrogens with zero attached hydrogens (tertiary/aromatic N) is 1. The first-order chi connectivity index (χ1) is 13.0. The number of benzene rings is 2. The molecule has 0 atom stereocenters. The van der Waals surface area contributed by atoms with Crippen molar-refractivity contribution in [1.29, 1.82) is 0 Å². The van der Waals surface area contributed by atoms with Crippen LogP contribution in [0.3, 0.4) is 0 Å². The molecule has 2 aromatic rings. The molecular weight excluding hydrogens is 374 g/mol. The lowest BCUT2D eigenvalue weighted by Crippen LogP contribution is -2.17. The van der Waals surface area contributed by atoms with E-state index in [-0.39, 0.29) is 17.4 Å². The first kappa shape index (κ1) is 20.7. The number of nitrogens with one attached hydrogen (secondary N) is 1. The largest absolute Gasteiger partial charge is 0.493 e. The van der Waals surface area contributed by atoms with Crippen LogP contribution in [0.2, 0.25) is 0 Å². The van der Waals surface area contributed by atoms with Crippen LogP contribution in [0.1, 0.15) is 17.5 Å². The van der Waals surface area contributed by atoms with Gasteiger partial charge < -0.3 is 9.47 Å². The Morgan fingerprint density at radius 3 is 2.63 bits per heavy atom. The van der Waals surface area contributed by atoms with Gasteiger partial charge in [-0.15, -0.1) is 11.8 Å². The zero-order valence-corrected chi connectivity index (χ0v) is 15.8. The van der Waals surface area contributed by atoms with Crippen LogP contribution in [0.4, 0.5) is 8.78 Å². The summed E-state index contributed by atoms with van der Waals surface area (Å²) in [5.41, 5.74) is 4.20. The van der Waals surface area contributed by atoms with E-state index in [0.717, 1.165) is 4.90 Å². The third-order valence-electron chi connectivity index (χ3n) is 3.43. The van der Waals surface area contributed by atoms with Crippen molar-refractivity contribution in [3.8, 4) is 11.5 Å². The van der Waals surface area contributed by atoms with Crippen LogP contribution in [0.5, 0.6) is 11.5 Å². The maximum atomic E-state index is 12.3. The van der Waals surface area contributed by atoms with Gasteiger partial charge in [0.25, 0.3) is 0 Å². The summed E-state index contributed by atoms with van der Waals surface area (Å²) < 4.78 is 34.0. The molecule has 0 aliphatic heterocycles. The summed E-state index contributed by atoms with van der Waals surface area (Å²) >= 11 is 1.59. The highest BCUT2D eigenvalue weighted by Gasteiger charge is 2.10. The minimum Gasteiger partial charge on any atom is -0.493 e. The fourth-order valence-corrected chi connectivity index (χ4v) is 2.94. The van der Waals surface area contributed by atoms with E-state index in [2.05, 4.69) is 15.3 Å². The number of carbonyl (C=O) groups excluding carboxylic acids is 1. The van der Waals surface area contributed by atoms with Crippen molar-refractivity contribution in [1.82, 2.24) is 5.43 Å². The number of amides is 1. The van der Waals surface area contributed by atoms with E-state index in [1.165, 1.54) is 37.1 Å². The minimum atomic E-state index is -2.93. The summed E-state index contributed by atoms with van der Waals surface area (Å²) in [6.45, 7) is -0.912. The van der Waals surface area contributed by atoms with Crippen LogP contribution in [-0.4, -0.2) is 31.6 Å². The van der Waals surface area contributed by atoms with Gasteiger partial charge in [0.1, 0.15) is 0 Å². The summed E-state index contributed by atoms with van der Waals surface area (Å²) in [5, 5.41) is 3.87. The molecule has 0 bridgehead atoms. The van der Waals surface area contributed by atoms with Gasteiger partial charge in [0, 0.05) is 17.1 Å². The van der Waals surface area contributed by atoms with E-state index in [4.69, 9.17) is 4.74 Å². The Kier molecular flexibility index (Phi) is 8.06. The van der Waals surface area contributed by atoms with Crippen LogP contribution >= 0.6 is 11.8 Å². The molecule has 0 saturated carbocycles. The van der Waals surface area contributed by atoms with Gasteiger partial charge in [-0.2, -0.15) is 13.9 Å². The second-order valence-corrected chi connectivity index (χ2v) is 6.66. The molecule has 1 N–H and O–H groups in total. The Morgan fingerprint density at radius 1 is 1.22 bits per heavy atom. The molecule has 2 rings (SSSR count). The van der Waals surface area contributed by atoms with Gasteiger partial charge in [-0.3, -0.25) is 4.79 Å². The molecule has 5 nitrogen and oxygen atoms in total. The molecule has 0 aromatic heterocycles. The minimum absolute atomic E-state index is 0.0678. The van der Waals surface area contributed by atoms with Crippen molar-refractivity contribution in [2.75, 3.05) is 12.9 Å². The number of alkyl halides is 2. The van der Waals surface area contributed by atoms with Crippen LogP contribution in [0.15, 0.2) is 52.5 Å². The Balaban J connectivity index is 1.80. The molecule has 0 heterocycles. The molecule has 0 radical (unpaired) electrons. The van der Waals surface area contributed by atoms with Gasteiger partial charge in [-0.25, -0.2) is 5.43 Å². The Bertz CT molecular complexity index is 783. The standard InChI is InChI=1S/C19H20F2N2O3S/c1-13-3-6-15(7-4-13)27-10-9-18(24)23-22-12-14-5-8-16(26-19(20)21)17(11-14)25-2/h3-8,11-12,19H,9-10H2,1-2H3,(H,23,24)/b22-12+. The zero-order chi connectivity index (χ0) is 19.6. The zero-order valence-electron chi connectivity index (χ0n) is 14.9. The normalized spacial score (nSPS) is 11.0. The van der Waals surface area contributed by atoms with Gasteiger partial charge in [-0.05, 0) is 42.8 Å². The maximum Gasteiger partial charge on any atom is 0.387 e. The highest BCUT2D eigenvalue weighted by molar-refractivity contribution is 7.99. The topological polar surface area (TPSA) is 59.9 Å². The Labute approximate surface area is 160 Å². The molecule has 1 amide bonds. The van der Waals surface area contributed by atoms with Crippen molar-refractivity contribution in [3.63, 3.8) is 0 Å². The first-order valence-electron chi connectivity index (χ1n) is 8.12. The molecule has 0 unspecified atom stereocenters. The molecule has 0 fully saturated rings. The number of hydrogen-bond donors (Lipinski definition) is 1. The van der Waals surface area contributed by atoms with Crippen LogP contribution in [0, 0.1) is 6.92 Å². The number of carbonyl (C=O) groups is 1. The molecule has 0 aliphatic carbocycles. The van der Waals surface area contributed by atoms with E-state index in [9.17, 15) is 13.6 Å². The molecule has 144 valence electrons. The summed E-state index contributed by atoms with van der Waals surface area (Å²) in [6, 6.07) is 12.5. The van der Waals surface area contributed by atoms with Crippen LogP contribution < -0.4 is 14.9 Å². The maximum absolute atomic E-state index is 12.3. The van der Waals surface area contributed by atoms with Crippen molar-refractivity contribution in [2.24, 2.45) is 5.10 Å². The summed E-state index contributed by atoms with van der Waals surface area (Å²) in [4.78, 5) is 12.9. The van der Waals surface area contributed by atoms with Gasteiger partial charge in [0.15, 0.2) is 11.5 Å². The Hall–Kier alpha value is -2.61. The lowest BCUT2D eigenvalue weighted by molar-refractivity contribution is -0.120. The predicted molar refractivity (Wildman–Crippen MR) is 102 cm³/mol.